The number of para-hydroxylation sites is 2. The molecule has 32 heavy (non-hydrogen) atoms. The smallest absolute Gasteiger partial charge is 0.262 e. The standard InChI is InChI=1S/C26H28N2O4/c1-26(2,3)19-11-9-18(10-12-19)25(30)27-20-13-15-21(16-14-20)32-17-24(29)28-22-7-5-6-8-23(22)31-4/h5-16H,17H2,1-4H3,(H,27,30)(H,28,29). The van der Waals surface area contributed by atoms with Crippen molar-refractivity contribution >= 4 is 23.2 Å². The largest absolute Gasteiger partial charge is 0.495 e. The number of anilines is 2. The monoisotopic (exact) mass is 432 g/mol. The van der Waals surface area contributed by atoms with Crippen molar-refractivity contribution < 1.29 is 19.1 Å². The Morgan fingerprint density at radius 3 is 2.12 bits per heavy atom. The molecule has 0 radical (unpaired) electrons. The van der Waals surface area contributed by atoms with Crippen molar-refractivity contribution in [2.24, 2.45) is 0 Å². The Balaban J connectivity index is 1.52. The summed E-state index contributed by atoms with van der Waals surface area (Å²) in [7, 11) is 1.54. The fourth-order valence-corrected chi connectivity index (χ4v) is 3.04. The molecule has 0 saturated carbocycles. The van der Waals surface area contributed by atoms with Gasteiger partial charge in [-0.25, -0.2) is 0 Å². The fraction of sp³-hybridized carbons (Fsp3) is 0.231. The molecule has 0 unspecified atom stereocenters. The van der Waals surface area contributed by atoms with Crippen LogP contribution in [0.3, 0.4) is 0 Å². The van der Waals surface area contributed by atoms with Crippen molar-refractivity contribution in [3.8, 4) is 11.5 Å². The highest BCUT2D eigenvalue weighted by Gasteiger charge is 2.14. The van der Waals surface area contributed by atoms with E-state index >= 15 is 0 Å². The quantitative estimate of drug-likeness (QED) is 0.534. The first-order chi connectivity index (χ1) is 15.3. The highest BCUT2D eigenvalue weighted by molar-refractivity contribution is 6.04. The average molecular weight is 433 g/mol. The molecular formula is C26H28N2O4. The second-order valence-corrected chi connectivity index (χ2v) is 8.34. The predicted octanol–water partition coefficient (Wildman–Crippen LogP) is 5.26. The lowest BCUT2D eigenvalue weighted by atomic mass is 9.87. The lowest BCUT2D eigenvalue weighted by molar-refractivity contribution is -0.118. The number of hydrogen-bond acceptors (Lipinski definition) is 4. The van der Waals surface area contributed by atoms with E-state index in [4.69, 9.17) is 9.47 Å². The number of amides is 2. The van der Waals surface area contributed by atoms with Crippen LogP contribution in [0.25, 0.3) is 0 Å². The molecule has 6 nitrogen and oxygen atoms in total. The van der Waals surface area contributed by atoms with Gasteiger partial charge >= 0.3 is 0 Å². The summed E-state index contributed by atoms with van der Waals surface area (Å²) in [5, 5.41) is 5.62. The molecule has 6 heteroatoms. The second-order valence-electron chi connectivity index (χ2n) is 8.34. The van der Waals surface area contributed by atoms with E-state index in [2.05, 4.69) is 31.4 Å². The fourth-order valence-electron chi connectivity index (χ4n) is 3.04. The van der Waals surface area contributed by atoms with E-state index in [1.54, 1.807) is 43.5 Å². The van der Waals surface area contributed by atoms with Gasteiger partial charge in [-0.3, -0.25) is 9.59 Å². The van der Waals surface area contributed by atoms with Crippen molar-refractivity contribution in [3.05, 3.63) is 83.9 Å². The highest BCUT2D eigenvalue weighted by Crippen LogP contribution is 2.24. The first-order valence-corrected chi connectivity index (χ1v) is 10.3. The van der Waals surface area contributed by atoms with Crippen LogP contribution in [-0.2, 0) is 10.2 Å². The molecule has 0 bridgehead atoms. The molecule has 0 aliphatic heterocycles. The number of nitrogens with one attached hydrogen (secondary N) is 2. The minimum absolute atomic E-state index is 0.0366. The van der Waals surface area contributed by atoms with E-state index in [0.29, 0.717) is 28.4 Å². The van der Waals surface area contributed by atoms with Crippen molar-refractivity contribution in [2.45, 2.75) is 26.2 Å². The van der Waals surface area contributed by atoms with Crippen molar-refractivity contribution in [3.63, 3.8) is 0 Å². The van der Waals surface area contributed by atoms with Gasteiger partial charge in [-0.2, -0.15) is 0 Å². The predicted molar refractivity (Wildman–Crippen MR) is 127 cm³/mol. The summed E-state index contributed by atoms with van der Waals surface area (Å²) in [6.45, 7) is 6.25. The maximum atomic E-state index is 12.5. The van der Waals surface area contributed by atoms with Crippen LogP contribution in [0.4, 0.5) is 11.4 Å². The maximum absolute atomic E-state index is 12.5. The topological polar surface area (TPSA) is 76.7 Å². The Kier molecular flexibility index (Phi) is 7.15. The van der Waals surface area contributed by atoms with E-state index in [1.807, 2.05) is 36.4 Å². The van der Waals surface area contributed by atoms with Gasteiger partial charge in [0.1, 0.15) is 11.5 Å². The Bertz CT molecular complexity index is 1070. The molecule has 0 spiro atoms. The van der Waals surface area contributed by atoms with E-state index in [-0.39, 0.29) is 23.8 Å². The molecule has 3 aromatic rings. The van der Waals surface area contributed by atoms with Crippen LogP contribution < -0.4 is 20.1 Å². The molecule has 166 valence electrons. The van der Waals surface area contributed by atoms with Crippen LogP contribution >= 0.6 is 0 Å². The zero-order chi connectivity index (χ0) is 23.1. The molecule has 0 aliphatic rings. The first-order valence-electron chi connectivity index (χ1n) is 10.3. The molecule has 0 saturated heterocycles. The van der Waals surface area contributed by atoms with Crippen LogP contribution in [0, 0.1) is 0 Å². The highest BCUT2D eigenvalue weighted by atomic mass is 16.5. The third kappa shape index (κ3) is 6.11. The number of ether oxygens (including phenoxy) is 2. The van der Waals surface area contributed by atoms with Gasteiger partial charge in [0, 0.05) is 11.3 Å². The van der Waals surface area contributed by atoms with Gasteiger partial charge in [0.2, 0.25) is 0 Å². The Morgan fingerprint density at radius 2 is 1.50 bits per heavy atom. The lowest BCUT2D eigenvalue weighted by Gasteiger charge is -2.19. The molecular weight excluding hydrogens is 404 g/mol. The van der Waals surface area contributed by atoms with Crippen LogP contribution in [0.15, 0.2) is 72.8 Å². The van der Waals surface area contributed by atoms with E-state index in [1.165, 1.54) is 5.56 Å². The molecule has 0 fully saturated rings. The minimum Gasteiger partial charge on any atom is -0.495 e. The number of methoxy groups -OCH3 is 1. The Hall–Kier alpha value is -3.80. The number of carbonyl (C=O) groups is 2. The summed E-state index contributed by atoms with van der Waals surface area (Å²) < 4.78 is 10.8. The van der Waals surface area contributed by atoms with Crippen molar-refractivity contribution in [1.29, 1.82) is 0 Å². The summed E-state index contributed by atoms with van der Waals surface area (Å²) in [6, 6.07) is 21.6. The molecule has 0 aliphatic carbocycles. The number of benzene rings is 3. The second kappa shape index (κ2) is 10.0. The molecule has 0 heterocycles. The minimum atomic E-state index is -0.300. The average Bonchev–Trinajstić information content (AvgIpc) is 2.78. The van der Waals surface area contributed by atoms with Crippen LogP contribution in [-0.4, -0.2) is 25.5 Å². The van der Waals surface area contributed by atoms with E-state index in [0.717, 1.165) is 0 Å². The molecule has 3 rings (SSSR count). The molecule has 2 N–H and O–H groups in total. The third-order valence-corrected chi connectivity index (χ3v) is 4.88. The number of hydrogen-bond donors (Lipinski definition) is 2. The van der Waals surface area contributed by atoms with Crippen molar-refractivity contribution in [1.82, 2.24) is 0 Å². The number of rotatable bonds is 7. The molecule has 0 atom stereocenters. The number of carbonyl (C=O) groups excluding carboxylic acids is 2. The summed E-state index contributed by atoms with van der Waals surface area (Å²) in [5.74, 6) is 0.614. The summed E-state index contributed by atoms with van der Waals surface area (Å²) in [5.41, 5.74) is 3.02. The van der Waals surface area contributed by atoms with Crippen LogP contribution in [0.1, 0.15) is 36.7 Å². The van der Waals surface area contributed by atoms with Gasteiger partial charge in [-0.05, 0) is 59.5 Å². The first kappa shape index (κ1) is 22.9. The lowest BCUT2D eigenvalue weighted by Crippen LogP contribution is -2.20. The maximum Gasteiger partial charge on any atom is 0.262 e. The van der Waals surface area contributed by atoms with Crippen LogP contribution in [0.5, 0.6) is 11.5 Å². The molecule has 0 aromatic heterocycles. The van der Waals surface area contributed by atoms with Gasteiger partial charge in [-0.15, -0.1) is 0 Å². The molecule has 3 aromatic carbocycles. The summed E-state index contributed by atoms with van der Waals surface area (Å²) >= 11 is 0. The Labute approximate surface area is 188 Å². The molecule has 2 amide bonds. The summed E-state index contributed by atoms with van der Waals surface area (Å²) in [4.78, 5) is 24.7. The van der Waals surface area contributed by atoms with E-state index in [9.17, 15) is 9.59 Å². The van der Waals surface area contributed by atoms with Gasteiger partial charge < -0.3 is 20.1 Å². The van der Waals surface area contributed by atoms with E-state index < -0.39 is 0 Å². The normalized spacial score (nSPS) is 10.9. The van der Waals surface area contributed by atoms with Gasteiger partial charge in [0.05, 0.1) is 12.8 Å². The Morgan fingerprint density at radius 1 is 0.844 bits per heavy atom. The van der Waals surface area contributed by atoms with Crippen LogP contribution in [0.2, 0.25) is 0 Å². The third-order valence-electron chi connectivity index (χ3n) is 4.88. The van der Waals surface area contributed by atoms with Gasteiger partial charge in [0.15, 0.2) is 6.61 Å². The zero-order valence-corrected chi connectivity index (χ0v) is 18.8. The van der Waals surface area contributed by atoms with Crippen molar-refractivity contribution in [2.75, 3.05) is 24.4 Å². The van der Waals surface area contributed by atoms with Gasteiger partial charge in [0.25, 0.3) is 11.8 Å². The van der Waals surface area contributed by atoms with Gasteiger partial charge in [-0.1, -0.05) is 45.0 Å². The SMILES string of the molecule is COc1ccccc1NC(=O)COc1ccc(NC(=O)c2ccc(C(C)(C)C)cc2)cc1. The zero-order valence-electron chi connectivity index (χ0n) is 18.8. The summed E-state index contributed by atoms with van der Waals surface area (Å²) in [6.07, 6.45) is 0.